The van der Waals surface area contributed by atoms with Gasteiger partial charge in [0.2, 0.25) is 7.83 Å². The van der Waals surface area contributed by atoms with E-state index in [0.717, 1.165) is 15.4 Å². The van der Waals surface area contributed by atoms with Gasteiger partial charge < -0.3 is 9.53 Å². The van der Waals surface area contributed by atoms with Crippen molar-refractivity contribution >= 4 is 51.7 Å². The molecule has 0 heterocycles. The van der Waals surface area contributed by atoms with Crippen LogP contribution in [-0.4, -0.2) is 35.7 Å². The molecule has 0 unspecified atom stereocenters. The molecule has 2 nitrogen and oxygen atoms in total. The molecule has 0 aromatic heterocycles. The van der Waals surface area contributed by atoms with E-state index in [0.29, 0.717) is 5.75 Å². The van der Waals surface area contributed by atoms with Crippen LogP contribution in [-0.2, 0) is 0 Å². The minimum absolute atomic E-state index is 0.427. The van der Waals surface area contributed by atoms with Crippen LogP contribution < -0.4 is 9.61 Å². The molecule has 0 saturated heterocycles. The molecule has 1 rings (SSSR count). The summed E-state index contributed by atoms with van der Waals surface area (Å²) in [6.45, 7) is 23.8. The van der Waals surface area contributed by atoms with Crippen LogP contribution >= 0.6 is 15.9 Å². The fourth-order valence-electron chi connectivity index (χ4n) is 1.95. The Hall–Kier alpha value is 0.168. The lowest BCUT2D eigenvalue weighted by Crippen LogP contribution is -2.61. The van der Waals surface area contributed by atoms with Crippen molar-refractivity contribution < 1.29 is 9.53 Å². The largest absolute Gasteiger partial charge is 0.546 e. The normalized spacial score (nSPS) is 14.0. The Morgan fingerprint density at radius 1 is 0.826 bits per heavy atom. The molecule has 0 fully saturated rings. The highest BCUT2D eigenvalue weighted by molar-refractivity contribution is 9.10. The minimum atomic E-state index is -1.77. The number of rotatable bonds is 5. The van der Waals surface area contributed by atoms with Crippen LogP contribution in [0.15, 0.2) is 16.6 Å². The van der Waals surface area contributed by atoms with Gasteiger partial charge in [-0.25, -0.2) is 0 Å². The Balaban J connectivity index is 3.42. The third-order valence-corrected chi connectivity index (χ3v) is 39.4. The maximum absolute atomic E-state index is 10.6. The monoisotopic (exact) mass is 448 g/mol. The van der Waals surface area contributed by atoms with E-state index in [2.05, 4.69) is 87.5 Å². The summed E-state index contributed by atoms with van der Waals surface area (Å²) in [7, 11) is -6.17. The van der Waals surface area contributed by atoms with Gasteiger partial charge in [0.05, 0.1) is 19.7 Å². The number of phenols is 1. The fourth-order valence-corrected chi connectivity index (χ4v) is 9.83. The summed E-state index contributed by atoms with van der Waals surface area (Å²) in [6, 6.07) is 3.98. The Kier molecular flexibility index (Phi) is 5.97. The van der Waals surface area contributed by atoms with Crippen LogP contribution in [0.4, 0.5) is 0 Å². The second-order valence-corrected chi connectivity index (χ2v) is 42.8. The van der Waals surface area contributed by atoms with Crippen LogP contribution in [0.1, 0.15) is 0 Å². The summed E-state index contributed by atoms with van der Waals surface area (Å²) in [5.41, 5.74) is 0. The first-order valence-electron chi connectivity index (χ1n) is 8.23. The first-order valence-corrected chi connectivity index (χ1v) is 23.9. The standard InChI is InChI=1S/C16H33BrO2Si4/c1-20(2,3)22(7,8)16-12-15(13(17)11-14(16)18)19-23(9,10)21(4,5)6/h11-12,18H,1-10H3. The smallest absolute Gasteiger partial charge is 0.228 e. The summed E-state index contributed by atoms with van der Waals surface area (Å²) in [4.78, 5) is 0. The van der Waals surface area contributed by atoms with Gasteiger partial charge in [-0.15, -0.1) is 0 Å². The number of phenolic OH excluding ortho intramolecular Hbond substituents is 1. The Labute approximate surface area is 154 Å². The molecule has 0 amide bonds. The number of hydrogen-bond donors (Lipinski definition) is 1. The highest BCUT2D eigenvalue weighted by atomic mass is 79.9. The molecule has 0 aliphatic heterocycles. The van der Waals surface area contributed by atoms with E-state index in [1.54, 1.807) is 0 Å². The van der Waals surface area contributed by atoms with Crippen molar-refractivity contribution in [2.24, 2.45) is 0 Å². The average Bonchev–Trinajstić information content (AvgIpc) is 2.29. The van der Waals surface area contributed by atoms with Gasteiger partial charge in [-0.2, -0.15) is 0 Å². The third-order valence-electron chi connectivity index (χ3n) is 5.77. The molecule has 0 saturated carbocycles. The highest BCUT2D eigenvalue weighted by Crippen LogP contribution is 2.34. The first kappa shape index (κ1) is 21.2. The number of halogens is 1. The molecule has 1 aromatic rings. The highest BCUT2D eigenvalue weighted by Gasteiger charge is 2.43. The van der Waals surface area contributed by atoms with Crippen molar-refractivity contribution in [3.8, 4) is 11.5 Å². The quantitative estimate of drug-likeness (QED) is 0.603. The fraction of sp³-hybridized carbons (Fsp3) is 0.625. The zero-order valence-electron chi connectivity index (χ0n) is 16.4. The molecule has 0 radical (unpaired) electrons. The molecule has 0 aliphatic carbocycles. The molecule has 0 bridgehead atoms. The van der Waals surface area contributed by atoms with Gasteiger partial charge >= 0.3 is 0 Å². The van der Waals surface area contributed by atoms with Crippen LogP contribution in [0.2, 0.25) is 65.5 Å². The average molecular weight is 450 g/mol. The zero-order chi connectivity index (χ0) is 18.4. The zero-order valence-corrected chi connectivity index (χ0v) is 22.0. The first-order chi connectivity index (χ1) is 10.0. The maximum Gasteiger partial charge on any atom is 0.228 e. The summed E-state index contributed by atoms with van der Waals surface area (Å²) in [6.07, 6.45) is 0. The molecule has 132 valence electrons. The van der Waals surface area contributed by atoms with Gasteiger partial charge in [0.25, 0.3) is 0 Å². The van der Waals surface area contributed by atoms with E-state index in [-0.39, 0.29) is 0 Å². The number of aromatic hydroxyl groups is 1. The van der Waals surface area contributed by atoms with Gasteiger partial charge in [-0.3, -0.25) is 0 Å². The molecule has 1 aromatic carbocycles. The number of hydrogen-bond acceptors (Lipinski definition) is 2. The second-order valence-electron chi connectivity index (χ2n) is 9.54. The van der Waals surface area contributed by atoms with Gasteiger partial charge in [0.1, 0.15) is 11.5 Å². The van der Waals surface area contributed by atoms with E-state index in [4.69, 9.17) is 4.43 Å². The summed E-state index contributed by atoms with van der Waals surface area (Å²) in [5, 5.41) is 11.7. The van der Waals surface area contributed by atoms with Crippen molar-refractivity contribution in [2.75, 3.05) is 0 Å². The number of benzene rings is 1. The van der Waals surface area contributed by atoms with Gasteiger partial charge in [-0.1, -0.05) is 52.4 Å². The van der Waals surface area contributed by atoms with Crippen LogP contribution in [0.5, 0.6) is 11.5 Å². The molecule has 0 aliphatic rings. The van der Waals surface area contributed by atoms with E-state index in [1.807, 2.05) is 6.07 Å². The molecule has 23 heavy (non-hydrogen) atoms. The van der Waals surface area contributed by atoms with Crippen LogP contribution in [0.3, 0.4) is 0 Å². The lowest BCUT2D eigenvalue weighted by molar-refractivity contribution is 0.476. The Bertz CT molecular complexity index is 587. The van der Waals surface area contributed by atoms with Gasteiger partial charge in [0, 0.05) is 7.59 Å². The van der Waals surface area contributed by atoms with Crippen molar-refractivity contribution in [1.29, 1.82) is 0 Å². The van der Waals surface area contributed by atoms with E-state index in [1.165, 1.54) is 0 Å². The third kappa shape index (κ3) is 4.42. The summed E-state index contributed by atoms with van der Waals surface area (Å²) in [5.74, 6) is 1.35. The Morgan fingerprint density at radius 3 is 1.70 bits per heavy atom. The topological polar surface area (TPSA) is 29.5 Å². The van der Waals surface area contributed by atoms with Crippen LogP contribution in [0.25, 0.3) is 0 Å². The van der Waals surface area contributed by atoms with Gasteiger partial charge in [-0.05, 0) is 46.3 Å². The maximum atomic E-state index is 10.6. The van der Waals surface area contributed by atoms with Crippen molar-refractivity contribution in [3.63, 3.8) is 0 Å². The lowest BCUT2D eigenvalue weighted by atomic mass is 10.3. The minimum Gasteiger partial charge on any atom is -0.546 e. The van der Waals surface area contributed by atoms with Crippen molar-refractivity contribution in [2.45, 2.75) is 65.5 Å². The predicted octanol–water partition coefficient (Wildman–Crippen LogP) is 5.49. The Morgan fingerprint density at radius 2 is 1.30 bits per heavy atom. The van der Waals surface area contributed by atoms with Crippen LogP contribution in [0, 0.1) is 0 Å². The molecule has 1 N–H and O–H groups in total. The van der Waals surface area contributed by atoms with Crippen molar-refractivity contribution in [1.82, 2.24) is 0 Å². The molecule has 0 spiro atoms. The van der Waals surface area contributed by atoms with Crippen molar-refractivity contribution in [3.05, 3.63) is 16.6 Å². The molecule has 0 atom stereocenters. The predicted molar refractivity (Wildman–Crippen MR) is 118 cm³/mol. The summed E-state index contributed by atoms with van der Waals surface area (Å²) < 4.78 is 7.45. The SMILES string of the molecule is C[Si](C)(C)[Si](C)(C)Oc1cc([Si](C)(C)[Si](C)(C)C)c(O)cc1Br. The van der Waals surface area contributed by atoms with E-state index < -0.39 is 30.6 Å². The lowest BCUT2D eigenvalue weighted by Gasteiger charge is -2.38. The summed E-state index contributed by atoms with van der Waals surface area (Å²) >= 11 is 3.60. The molecular weight excluding hydrogens is 416 g/mol. The second kappa shape index (κ2) is 6.47. The van der Waals surface area contributed by atoms with Gasteiger partial charge in [0.15, 0.2) is 0 Å². The van der Waals surface area contributed by atoms with E-state index >= 15 is 0 Å². The molecule has 7 heteroatoms. The molecular formula is C16H33BrO2Si4. The van der Waals surface area contributed by atoms with E-state index in [9.17, 15) is 5.11 Å².